The molecule has 2 aromatic rings. The van der Waals surface area contributed by atoms with E-state index in [9.17, 15) is 14.7 Å². The summed E-state index contributed by atoms with van der Waals surface area (Å²) in [5.74, 6) is -2.43. The normalized spacial score (nSPS) is 10.1. The van der Waals surface area contributed by atoms with Crippen molar-refractivity contribution in [1.82, 2.24) is 0 Å². The number of aromatic carboxylic acids is 2. The summed E-state index contributed by atoms with van der Waals surface area (Å²) < 4.78 is 0. The molecule has 0 amide bonds. The van der Waals surface area contributed by atoms with Crippen molar-refractivity contribution in [1.29, 1.82) is 0 Å². The first-order valence-electron chi connectivity index (χ1n) is 6.06. The van der Waals surface area contributed by atoms with Crippen LogP contribution < -0.4 is 5.32 Å². The van der Waals surface area contributed by atoms with E-state index in [1.54, 1.807) is 19.1 Å². The molecule has 108 valence electrons. The molecule has 0 heterocycles. The summed E-state index contributed by atoms with van der Waals surface area (Å²) in [5.41, 5.74) is 1.15. The van der Waals surface area contributed by atoms with E-state index in [1.165, 1.54) is 24.3 Å². The number of hydrogen-bond donors (Lipinski definition) is 4. The van der Waals surface area contributed by atoms with Crippen molar-refractivity contribution >= 4 is 23.3 Å². The minimum atomic E-state index is -1.18. The molecule has 0 unspecified atom stereocenters. The van der Waals surface area contributed by atoms with Gasteiger partial charge in [0.15, 0.2) is 0 Å². The molecule has 0 aliphatic heterocycles. The van der Waals surface area contributed by atoms with Crippen LogP contribution in [0.3, 0.4) is 0 Å². The van der Waals surface area contributed by atoms with Crippen LogP contribution in [0.15, 0.2) is 36.4 Å². The van der Waals surface area contributed by atoms with Gasteiger partial charge in [-0.25, -0.2) is 9.59 Å². The van der Waals surface area contributed by atoms with Crippen molar-refractivity contribution in [3.63, 3.8) is 0 Å². The Kier molecular flexibility index (Phi) is 3.80. The van der Waals surface area contributed by atoms with Gasteiger partial charge in [-0.15, -0.1) is 0 Å². The molecule has 2 aromatic carbocycles. The number of aryl methyl sites for hydroxylation is 1. The lowest BCUT2D eigenvalue weighted by molar-refractivity contribution is 0.0688. The molecule has 2 rings (SSSR count). The summed E-state index contributed by atoms with van der Waals surface area (Å²) >= 11 is 0. The maximum Gasteiger partial charge on any atom is 0.337 e. The van der Waals surface area contributed by atoms with Gasteiger partial charge in [0.05, 0.1) is 22.5 Å². The number of hydrogen-bond acceptors (Lipinski definition) is 4. The molecular formula is C15H13NO5. The van der Waals surface area contributed by atoms with E-state index < -0.39 is 11.9 Å². The molecule has 0 aliphatic rings. The third kappa shape index (κ3) is 3.11. The smallest absolute Gasteiger partial charge is 0.337 e. The largest absolute Gasteiger partial charge is 0.508 e. The van der Waals surface area contributed by atoms with Crippen molar-refractivity contribution in [2.45, 2.75) is 6.92 Å². The summed E-state index contributed by atoms with van der Waals surface area (Å²) in [5, 5.41) is 30.5. The Hall–Kier alpha value is -3.02. The average molecular weight is 287 g/mol. The number of rotatable bonds is 4. The van der Waals surface area contributed by atoms with Crippen LogP contribution in [0.25, 0.3) is 0 Å². The average Bonchev–Trinajstić information content (AvgIpc) is 2.38. The Labute approximate surface area is 120 Å². The van der Waals surface area contributed by atoms with Gasteiger partial charge in [0.2, 0.25) is 0 Å². The third-order valence-corrected chi connectivity index (χ3v) is 2.91. The van der Waals surface area contributed by atoms with E-state index in [0.717, 1.165) is 5.56 Å². The molecule has 21 heavy (non-hydrogen) atoms. The molecule has 6 nitrogen and oxygen atoms in total. The molecule has 0 saturated heterocycles. The van der Waals surface area contributed by atoms with Gasteiger partial charge in [0.1, 0.15) is 5.75 Å². The van der Waals surface area contributed by atoms with E-state index in [4.69, 9.17) is 10.2 Å². The number of aromatic hydroxyl groups is 1. The minimum Gasteiger partial charge on any atom is -0.508 e. The van der Waals surface area contributed by atoms with Crippen LogP contribution >= 0.6 is 0 Å². The Morgan fingerprint density at radius 3 is 2.00 bits per heavy atom. The number of carboxylic acids is 2. The summed E-state index contributed by atoms with van der Waals surface area (Å²) in [6, 6.07) is 8.41. The molecule has 0 spiro atoms. The van der Waals surface area contributed by atoms with Gasteiger partial charge >= 0.3 is 11.9 Å². The zero-order valence-corrected chi connectivity index (χ0v) is 11.1. The van der Waals surface area contributed by atoms with Crippen LogP contribution in [0.1, 0.15) is 26.3 Å². The van der Waals surface area contributed by atoms with Gasteiger partial charge in [-0.2, -0.15) is 0 Å². The van der Waals surface area contributed by atoms with Crippen molar-refractivity contribution in [3.05, 3.63) is 53.1 Å². The molecule has 0 radical (unpaired) electrons. The van der Waals surface area contributed by atoms with Gasteiger partial charge in [0, 0.05) is 6.07 Å². The van der Waals surface area contributed by atoms with Gasteiger partial charge in [-0.1, -0.05) is 6.07 Å². The fraction of sp³-hybridized carbons (Fsp3) is 0.0667. The highest BCUT2D eigenvalue weighted by Gasteiger charge is 2.15. The van der Waals surface area contributed by atoms with Crippen LogP contribution in [0.4, 0.5) is 11.4 Å². The minimum absolute atomic E-state index is 0.0141. The number of nitrogens with one attached hydrogen (secondary N) is 1. The highest BCUT2D eigenvalue weighted by Crippen LogP contribution is 2.28. The first-order valence-corrected chi connectivity index (χ1v) is 6.06. The molecule has 0 aliphatic carbocycles. The topological polar surface area (TPSA) is 107 Å². The standard InChI is InChI=1S/C15H13NO5/c1-8-2-4-10(14(18)19)12(6-8)16-13-7-9(17)3-5-11(13)15(20)21/h2-7,16-17H,1H3,(H,18,19)(H,20,21). The number of anilines is 2. The highest BCUT2D eigenvalue weighted by molar-refractivity contribution is 5.99. The van der Waals surface area contributed by atoms with Gasteiger partial charge in [-0.3, -0.25) is 0 Å². The van der Waals surface area contributed by atoms with Crippen LogP contribution in [0, 0.1) is 6.92 Å². The maximum absolute atomic E-state index is 11.2. The lowest BCUT2D eigenvalue weighted by atomic mass is 10.1. The first-order chi connectivity index (χ1) is 9.88. The van der Waals surface area contributed by atoms with E-state index in [1.807, 2.05) is 0 Å². The van der Waals surface area contributed by atoms with Gasteiger partial charge < -0.3 is 20.6 Å². The number of phenolic OH excluding ortho intramolecular Hbond substituents is 1. The summed E-state index contributed by atoms with van der Waals surface area (Å²) in [6.07, 6.45) is 0. The predicted octanol–water partition coefficient (Wildman–Crippen LogP) is 2.84. The molecule has 0 atom stereocenters. The molecule has 0 bridgehead atoms. The Bertz CT molecular complexity index is 662. The fourth-order valence-electron chi connectivity index (χ4n) is 1.92. The van der Waals surface area contributed by atoms with Crippen LogP contribution in [0.5, 0.6) is 5.75 Å². The zero-order chi connectivity index (χ0) is 15.6. The summed E-state index contributed by atoms with van der Waals surface area (Å²) in [7, 11) is 0. The number of carboxylic acid groups (broad SMARTS) is 2. The molecule has 0 aromatic heterocycles. The number of carbonyl (C=O) groups is 2. The van der Waals surface area contributed by atoms with Crippen molar-refractivity contribution in [2.24, 2.45) is 0 Å². The maximum atomic E-state index is 11.2. The fourth-order valence-corrected chi connectivity index (χ4v) is 1.92. The van der Waals surface area contributed by atoms with Crippen molar-refractivity contribution in [3.8, 4) is 5.75 Å². The first kappa shape index (κ1) is 14.4. The molecule has 0 saturated carbocycles. The Balaban J connectivity index is 2.52. The second-order valence-electron chi connectivity index (χ2n) is 4.51. The number of benzene rings is 2. The van der Waals surface area contributed by atoms with E-state index in [0.29, 0.717) is 0 Å². The second kappa shape index (κ2) is 5.54. The Morgan fingerprint density at radius 2 is 1.43 bits per heavy atom. The molecular weight excluding hydrogens is 274 g/mol. The molecule has 4 N–H and O–H groups in total. The second-order valence-corrected chi connectivity index (χ2v) is 4.51. The summed E-state index contributed by atoms with van der Waals surface area (Å²) in [4.78, 5) is 22.4. The van der Waals surface area contributed by atoms with Gasteiger partial charge in [-0.05, 0) is 36.8 Å². The lowest BCUT2D eigenvalue weighted by Gasteiger charge is -2.13. The van der Waals surface area contributed by atoms with Crippen LogP contribution in [-0.2, 0) is 0 Å². The van der Waals surface area contributed by atoms with Crippen molar-refractivity contribution < 1.29 is 24.9 Å². The SMILES string of the molecule is Cc1ccc(C(=O)O)c(Nc2cc(O)ccc2C(=O)O)c1. The molecule has 0 fully saturated rings. The van der Waals surface area contributed by atoms with E-state index in [-0.39, 0.29) is 28.3 Å². The Morgan fingerprint density at radius 1 is 0.905 bits per heavy atom. The monoisotopic (exact) mass is 287 g/mol. The van der Waals surface area contributed by atoms with E-state index in [2.05, 4.69) is 5.32 Å². The summed E-state index contributed by atoms with van der Waals surface area (Å²) in [6.45, 7) is 1.79. The molecule has 6 heteroatoms. The zero-order valence-electron chi connectivity index (χ0n) is 11.1. The van der Waals surface area contributed by atoms with Gasteiger partial charge in [0.25, 0.3) is 0 Å². The lowest BCUT2D eigenvalue weighted by Crippen LogP contribution is -2.06. The van der Waals surface area contributed by atoms with Crippen LogP contribution in [-0.4, -0.2) is 27.3 Å². The van der Waals surface area contributed by atoms with Crippen molar-refractivity contribution in [2.75, 3.05) is 5.32 Å². The quantitative estimate of drug-likeness (QED) is 0.689. The number of phenols is 1. The highest BCUT2D eigenvalue weighted by atomic mass is 16.4. The van der Waals surface area contributed by atoms with Crippen LogP contribution in [0.2, 0.25) is 0 Å². The van der Waals surface area contributed by atoms with E-state index >= 15 is 0 Å². The predicted molar refractivity (Wildman–Crippen MR) is 76.5 cm³/mol. The third-order valence-electron chi connectivity index (χ3n) is 2.91.